The van der Waals surface area contributed by atoms with Crippen LogP contribution in [-0.4, -0.2) is 39.5 Å². The van der Waals surface area contributed by atoms with Crippen molar-refractivity contribution >= 4 is 11.9 Å². The lowest BCUT2D eigenvalue weighted by atomic mass is 10.2. The zero-order valence-corrected chi connectivity index (χ0v) is 13.1. The van der Waals surface area contributed by atoms with Crippen LogP contribution in [0.1, 0.15) is 28.8 Å². The van der Waals surface area contributed by atoms with Crippen LogP contribution in [0.3, 0.4) is 0 Å². The summed E-state index contributed by atoms with van der Waals surface area (Å²) in [7, 11) is 0. The lowest BCUT2D eigenvalue weighted by Crippen LogP contribution is -2.37. The number of carboxylic acids is 1. The standard InChI is InChI=1S/C18H18N2O4/c21-17(22)11-20(15-6-7-15)18(23)14-4-1-5-16(9-14)24-12-13-3-2-8-19-10-13/h1-5,8-10,15H,6-7,11-12H2,(H,21,22). The molecule has 1 aliphatic carbocycles. The Labute approximate surface area is 139 Å². The Balaban J connectivity index is 1.69. The zero-order valence-electron chi connectivity index (χ0n) is 13.1. The van der Waals surface area contributed by atoms with Gasteiger partial charge in [0, 0.05) is 29.6 Å². The minimum absolute atomic E-state index is 0.0357. The highest BCUT2D eigenvalue weighted by molar-refractivity contribution is 5.96. The smallest absolute Gasteiger partial charge is 0.323 e. The molecule has 1 amide bonds. The molecule has 0 atom stereocenters. The van der Waals surface area contributed by atoms with Crippen molar-refractivity contribution in [1.29, 1.82) is 0 Å². The van der Waals surface area contributed by atoms with E-state index in [-0.39, 0.29) is 18.5 Å². The topological polar surface area (TPSA) is 79.7 Å². The van der Waals surface area contributed by atoms with Gasteiger partial charge in [0.05, 0.1) is 0 Å². The first-order valence-corrected chi connectivity index (χ1v) is 7.78. The maximum Gasteiger partial charge on any atom is 0.323 e. The number of hydrogen-bond donors (Lipinski definition) is 1. The van der Waals surface area contributed by atoms with E-state index in [1.54, 1.807) is 36.7 Å². The van der Waals surface area contributed by atoms with E-state index in [1.165, 1.54) is 4.90 Å². The molecule has 1 fully saturated rings. The number of carboxylic acid groups (broad SMARTS) is 1. The maximum absolute atomic E-state index is 12.6. The molecule has 2 aromatic rings. The van der Waals surface area contributed by atoms with Gasteiger partial charge in [0.2, 0.25) is 0 Å². The molecular formula is C18H18N2O4. The molecule has 1 aromatic heterocycles. The van der Waals surface area contributed by atoms with Crippen molar-refractivity contribution in [3.8, 4) is 5.75 Å². The van der Waals surface area contributed by atoms with Crippen molar-refractivity contribution in [3.05, 3.63) is 59.9 Å². The average Bonchev–Trinajstić information content (AvgIpc) is 3.43. The molecule has 1 aliphatic rings. The molecule has 0 spiro atoms. The van der Waals surface area contributed by atoms with Crippen molar-refractivity contribution < 1.29 is 19.4 Å². The molecule has 1 aromatic carbocycles. The quantitative estimate of drug-likeness (QED) is 0.845. The predicted molar refractivity (Wildman–Crippen MR) is 86.7 cm³/mol. The van der Waals surface area contributed by atoms with Crippen LogP contribution in [0.15, 0.2) is 48.8 Å². The van der Waals surface area contributed by atoms with E-state index in [9.17, 15) is 9.59 Å². The highest BCUT2D eigenvalue weighted by Crippen LogP contribution is 2.28. The molecule has 24 heavy (non-hydrogen) atoms. The number of carbonyl (C=O) groups excluding carboxylic acids is 1. The van der Waals surface area contributed by atoms with Crippen LogP contribution in [0, 0.1) is 0 Å². The number of amides is 1. The second kappa shape index (κ2) is 7.12. The number of nitrogens with zero attached hydrogens (tertiary/aromatic N) is 2. The molecule has 1 saturated carbocycles. The van der Waals surface area contributed by atoms with Crippen LogP contribution in [-0.2, 0) is 11.4 Å². The molecule has 1 heterocycles. The summed E-state index contributed by atoms with van der Waals surface area (Å²) in [5, 5.41) is 9.00. The summed E-state index contributed by atoms with van der Waals surface area (Å²) < 4.78 is 5.69. The van der Waals surface area contributed by atoms with E-state index >= 15 is 0 Å². The summed E-state index contributed by atoms with van der Waals surface area (Å²) in [5.74, 6) is -0.707. The Hall–Kier alpha value is -2.89. The van der Waals surface area contributed by atoms with Gasteiger partial charge in [-0.1, -0.05) is 12.1 Å². The van der Waals surface area contributed by atoms with E-state index in [4.69, 9.17) is 9.84 Å². The third kappa shape index (κ3) is 4.10. The van der Waals surface area contributed by atoms with Gasteiger partial charge in [-0.25, -0.2) is 0 Å². The monoisotopic (exact) mass is 326 g/mol. The van der Waals surface area contributed by atoms with Gasteiger partial charge in [-0.2, -0.15) is 0 Å². The molecule has 1 N–H and O–H groups in total. The van der Waals surface area contributed by atoms with Crippen molar-refractivity contribution in [2.75, 3.05) is 6.54 Å². The highest BCUT2D eigenvalue weighted by Gasteiger charge is 2.34. The molecule has 0 aliphatic heterocycles. The Bertz CT molecular complexity index is 729. The van der Waals surface area contributed by atoms with Crippen LogP contribution in [0.2, 0.25) is 0 Å². The first-order valence-electron chi connectivity index (χ1n) is 7.78. The first-order chi connectivity index (χ1) is 11.6. The lowest BCUT2D eigenvalue weighted by Gasteiger charge is -2.20. The summed E-state index contributed by atoms with van der Waals surface area (Å²) >= 11 is 0. The second-order valence-electron chi connectivity index (χ2n) is 5.74. The van der Waals surface area contributed by atoms with E-state index in [1.807, 2.05) is 12.1 Å². The van der Waals surface area contributed by atoms with Crippen LogP contribution in [0.4, 0.5) is 0 Å². The maximum atomic E-state index is 12.6. The summed E-state index contributed by atoms with van der Waals surface area (Å²) in [6.45, 7) is 0.0806. The minimum atomic E-state index is -1.00. The van der Waals surface area contributed by atoms with Crippen molar-refractivity contribution in [3.63, 3.8) is 0 Å². The van der Waals surface area contributed by atoms with Gasteiger partial charge in [0.15, 0.2) is 0 Å². The number of rotatable bonds is 7. The number of pyridine rings is 1. The van der Waals surface area contributed by atoms with E-state index in [2.05, 4.69) is 4.98 Å². The van der Waals surface area contributed by atoms with Gasteiger partial charge in [-0.3, -0.25) is 14.6 Å². The molecule has 6 heteroatoms. The van der Waals surface area contributed by atoms with Crippen molar-refractivity contribution in [2.24, 2.45) is 0 Å². The number of benzene rings is 1. The number of aromatic nitrogens is 1. The van der Waals surface area contributed by atoms with E-state index in [0.717, 1.165) is 18.4 Å². The molecule has 124 valence electrons. The zero-order chi connectivity index (χ0) is 16.9. The van der Waals surface area contributed by atoms with E-state index < -0.39 is 5.97 Å². The molecule has 0 bridgehead atoms. The summed E-state index contributed by atoms with van der Waals surface area (Å²) in [6.07, 6.45) is 5.13. The molecule has 0 unspecified atom stereocenters. The Morgan fingerprint density at radius 2 is 2.08 bits per heavy atom. The largest absolute Gasteiger partial charge is 0.489 e. The lowest BCUT2D eigenvalue weighted by molar-refractivity contribution is -0.137. The van der Waals surface area contributed by atoms with Crippen LogP contribution < -0.4 is 4.74 Å². The van der Waals surface area contributed by atoms with Crippen LogP contribution in [0.25, 0.3) is 0 Å². The van der Waals surface area contributed by atoms with E-state index in [0.29, 0.717) is 17.9 Å². The highest BCUT2D eigenvalue weighted by atomic mass is 16.5. The Morgan fingerprint density at radius 3 is 2.75 bits per heavy atom. The molecule has 3 rings (SSSR count). The van der Waals surface area contributed by atoms with Crippen molar-refractivity contribution in [2.45, 2.75) is 25.5 Å². The molecule has 0 radical (unpaired) electrons. The minimum Gasteiger partial charge on any atom is -0.489 e. The first kappa shape index (κ1) is 16.0. The van der Waals surface area contributed by atoms with Gasteiger partial charge >= 0.3 is 5.97 Å². The fourth-order valence-electron chi connectivity index (χ4n) is 2.43. The molecule has 0 saturated heterocycles. The second-order valence-corrected chi connectivity index (χ2v) is 5.74. The summed E-state index contributed by atoms with van der Waals surface area (Å²) in [5.41, 5.74) is 1.37. The van der Waals surface area contributed by atoms with Crippen molar-refractivity contribution in [1.82, 2.24) is 9.88 Å². The number of hydrogen-bond acceptors (Lipinski definition) is 4. The number of aliphatic carboxylic acids is 1. The third-order valence-corrected chi connectivity index (χ3v) is 3.76. The van der Waals surface area contributed by atoms with Gasteiger partial charge in [0.1, 0.15) is 18.9 Å². The van der Waals surface area contributed by atoms with Crippen LogP contribution >= 0.6 is 0 Å². The Kier molecular flexibility index (Phi) is 4.74. The van der Waals surface area contributed by atoms with Gasteiger partial charge in [0.25, 0.3) is 5.91 Å². The number of carbonyl (C=O) groups is 2. The SMILES string of the molecule is O=C(O)CN(C(=O)c1cccc(OCc2cccnc2)c1)C1CC1. The summed E-state index contributed by atoms with van der Waals surface area (Å²) in [4.78, 5) is 29.0. The molecular weight excluding hydrogens is 308 g/mol. The normalized spacial score (nSPS) is 13.3. The third-order valence-electron chi connectivity index (χ3n) is 3.76. The fraction of sp³-hybridized carbons (Fsp3) is 0.278. The molecule has 6 nitrogen and oxygen atoms in total. The van der Waals surface area contributed by atoms with Gasteiger partial charge < -0.3 is 14.7 Å². The fourth-order valence-corrected chi connectivity index (χ4v) is 2.43. The van der Waals surface area contributed by atoms with Crippen LogP contribution in [0.5, 0.6) is 5.75 Å². The van der Waals surface area contributed by atoms with Gasteiger partial charge in [-0.15, -0.1) is 0 Å². The predicted octanol–water partition coefficient (Wildman–Crippen LogP) is 2.35. The number of ether oxygens (including phenoxy) is 1. The summed E-state index contributed by atoms with van der Waals surface area (Å²) in [6, 6.07) is 10.6. The average molecular weight is 326 g/mol. The Morgan fingerprint density at radius 1 is 1.25 bits per heavy atom. The van der Waals surface area contributed by atoms with Gasteiger partial charge in [-0.05, 0) is 37.1 Å².